The summed E-state index contributed by atoms with van der Waals surface area (Å²) in [6.07, 6.45) is 6.00. The third-order valence-corrected chi connectivity index (χ3v) is 5.04. The van der Waals surface area contributed by atoms with Crippen LogP contribution < -0.4 is 10.1 Å². The number of ether oxygens (including phenoxy) is 1. The summed E-state index contributed by atoms with van der Waals surface area (Å²) >= 11 is 0. The Morgan fingerprint density at radius 1 is 1.10 bits per heavy atom. The van der Waals surface area contributed by atoms with Crippen LogP contribution in [0, 0.1) is 13.8 Å². The van der Waals surface area contributed by atoms with E-state index >= 15 is 0 Å². The number of nitrogens with zero attached hydrogens (tertiary/aromatic N) is 3. The van der Waals surface area contributed by atoms with Gasteiger partial charge in [-0.25, -0.2) is 0 Å². The third-order valence-electron chi connectivity index (χ3n) is 5.04. The summed E-state index contributed by atoms with van der Waals surface area (Å²) in [5.74, 6) is 0.685. The van der Waals surface area contributed by atoms with Crippen LogP contribution in [0.5, 0.6) is 5.75 Å². The van der Waals surface area contributed by atoms with Crippen LogP contribution in [0.1, 0.15) is 28.2 Å². The minimum absolute atomic E-state index is 0.0786. The van der Waals surface area contributed by atoms with Gasteiger partial charge in [-0.05, 0) is 50.6 Å². The number of rotatable bonds is 7. The van der Waals surface area contributed by atoms with Gasteiger partial charge in [0.2, 0.25) is 0 Å². The van der Waals surface area contributed by atoms with Gasteiger partial charge in [-0.1, -0.05) is 18.2 Å². The summed E-state index contributed by atoms with van der Waals surface area (Å²) in [4.78, 5) is 21.2. The molecule has 3 aromatic heterocycles. The summed E-state index contributed by atoms with van der Waals surface area (Å²) in [5.41, 5.74) is 4.37. The fourth-order valence-electron chi connectivity index (χ4n) is 3.62. The zero-order valence-corrected chi connectivity index (χ0v) is 17.1. The highest BCUT2D eigenvalue weighted by molar-refractivity contribution is 5.95. The maximum atomic E-state index is 12.7. The van der Waals surface area contributed by atoms with Gasteiger partial charge in [0, 0.05) is 35.7 Å². The lowest BCUT2D eigenvalue weighted by Crippen LogP contribution is -2.26. The summed E-state index contributed by atoms with van der Waals surface area (Å²) in [6.45, 7) is 4.98. The molecule has 152 valence electrons. The van der Waals surface area contributed by atoms with Crippen molar-refractivity contribution in [2.75, 3.05) is 13.2 Å². The number of benzene rings is 1. The van der Waals surface area contributed by atoms with Crippen molar-refractivity contribution in [3.8, 4) is 11.4 Å². The number of hydrogen-bond acceptors (Lipinski definition) is 4. The van der Waals surface area contributed by atoms with Crippen molar-refractivity contribution in [2.24, 2.45) is 0 Å². The SMILES string of the molecule is Cc1cc(C(=O)NCCCOc2cccc3cccnc23)c(C)n1-c1cccnc1. The standard InChI is InChI=1S/C24H24N4O2/c1-17-15-21(18(2)28(17)20-9-5-11-25-16-20)24(29)27-13-6-14-30-22-10-3-7-19-8-4-12-26-23(19)22/h3-5,7-12,15-16H,6,13-14H2,1-2H3,(H,27,29). The molecule has 0 unspecified atom stereocenters. The Labute approximate surface area is 175 Å². The molecule has 30 heavy (non-hydrogen) atoms. The normalized spacial score (nSPS) is 10.9. The van der Waals surface area contributed by atoms with Crippen LogP contribution in [-0.2, 0) is 0 Å². The summed E-state index contributed by atoms with van der Waals surface area (Å²) in [5, 5.41) is 4.04. The number of carbonyl (C=O) groups is 1. The van der Waals surface area contributed by atoms with Crippen LogP contribution in [0.2, 0.25) is 0 Å². The zero-order valence-electron chi connectivity index (χ0n) is 17.1. The van der Waals surface area contributed by atoms with Crippen LogP contribution in [0.25, 0.3) is 16.6 Å². The van der Waals surface area contributed by atoms with Crippen molar-refractivity contribution in [1.82, 2.24) is 19.9 Å². The van der Waals surface area contributed by atoms with Gasteiger partial charge in [0.15, 0.2) is 0 Å². The Morgan fingerprint density at radius 2 is 1.93 bits per heavy atom. The molecule has 0 aliphatic rings. The smallest absolute Gasteiger partial charge is 0.253 e. The van der Waals surface area contributed by atoms with E-state index in [0.717, 1.165) is 33.7 Å². The molecule has 1 aromatic carbocycles. The van der Waals surface area contributed by atoms with E-state index in [1.165, 1.54) is 0 Å². The summed E-state index contributed by atoms with van der Waals surface area (Å²) in [6, 6.07) is 15.6. The van der Waals surface area contributed by atoms with E-state index < -0.39 is 0 Å². The van der Waals surface area contributed by atoms with Gasteiger partial charge >= 0.3 is 0 Å². The largest absolute Gasteiger partial charge is 0.491 e. The van der Waals surface area contributed by atoms with Crippen molar-refractivity contribution in [3.63, 3.8) is 0 Å². The number of hydrogen-bond donors (Lipinski definition) is 1. The molecule has 0 spiro atoms. The molecule has 0 aliphatic heterocycles. The average Bonchev–Trinajstić information content (AvgIpc) is 3.08. The maximum absolute atomic E-state index is 12.7. The lowest BCUT2D eigenvalue weighted by molar-refractivity contribution is 0.0951. The van der Waals surface area contributed by atoms with E-state index in [0.29, 0.717) is 25.1 Å². The van der Waals surface area contributed by atoms with Crippen molar-refractivity contribution in [1.29, 1.82) is 0 Å². The first kappa shape index (κ1) is 19.6. The van der Waals surface area contributed by atoms with E-state index in [-0.39, 0.29) is 5.91 Å². The molecule has 6 heteroatoms. The quantitative estimate of drug-likeness (QED) is 0.471. The predicted molar refractivity (Wildman–Crippen MR) is 117 cm³/mol. The number of nitrogens with one attached hydrogen (secondary N) is 1. The third kappa shape index (κ3) is 4.03. The molecule has 0 saturated heterocycles. The van der Waals surface area contributed by atoms with E-state index in [1.807, 2.05) is 66.9 Å². The Morgan fingerprint density at radius 3 is 2.77 bits per heavy atom. The number of carbonyl (C=O) groups excluding carboxylic acids is 1. The molecule has 0 aliphatic carbocycles. The maximum Gasteiger partial charge on any atom is 0.253 e. The number of pyridine rings is 2. The van der Waals surface area contributed by atoms with Crippen LogP contribution in [0.3, 0.4) is 0 Å². The highest BCUT2D eigenvalue weighted by atomic mass is 16.5. The minimum atomic E-state index is -0.0786. The predicted octanol–water partition coefficient (Wildman–Crippen LogP) is 4.24. The van der Waals surface area contributed by atoms with Gasteiger partial charge in [-0.3, -0.25) is 14.8 Å². The fraction of sp³-hybridized carbons (Fsp3) is 0.208. The van der Waals surface area contributed by atoms with Gasteiger partial charge in [0.05, 0.1) is 24.1 Å². The molecule has 1 amide bonds. The molecule has 0 radical (unpaired) electrons. The lowest BCUT2D eigenvalue weighted by Gasteiger charge is -2.10. The molecular formula is C24H24N4O2. The topological polar surface area (TPSA) is 69.0 Å². The Kier molecular flexibility index (Phi) is 5.75. The number of fused-ring (bicyclic) bond motifs is 1. The Balaban J connectivity index is 1.33. The van der Waals surface area contributed by atoms with E-state index in [2.05, 4.69) is 15.3 Å². The summed E-state index contributed by atoms with van der Waals surface area (Å²) < 4.78 is 7.93. The monoisotopic (exact) mass is 400 g/mol. The molecular weight excluding hydrogens is 376 g/mol. The highest BCUT2D eigenvalue weighted by Gasteiger charge is 2.16. The number of aryl methyl sites for hydroxylation is 1. The highest BCUT2D eigenvalue weighted by Crippen LogP contribution is 2.23. The number of aromatic nitrogens is 3. The first-order valence-electron chi connectivity index (χ1n) is 9.99. The van der Waals surface area contributed by atoms with Crippen molar-refractivity contribution < 1.29 is 9.53 Å². The van der Waals surface area contributed by atoms with Crippen molar-refractivity contribution in [2.45, 2.75) is 20.3 Å². The second-order valence-electron chi connectivity index (χ2n) is 7.12. The molecule has 4 aromatic rings. The second kappa shape index (κ2) is 8.78. The molecule has 0 saturated carbocycles. The summed E-state index contributed by atoms with van der Waals surface area (Å²) in [7, 11) is 0. The molecule has 6 nitrogen and oxygen atoms in total. The van der Waals surface area contributed by atoms with Crippen LogP contribution in [0.4, 0.5) is 0 Å². The molecule has 1 N–H and O–H groups in total. The van der Waals surface area contributed by atoms with Gasteiger partial charge in [-0.2, -0.15) is 0 Å². The Bertz CT molecular complexity index is 1160. The minimum Gasteiger partial charge on any atom is -0.491 e. The van der Waals surface area contributed by atoms with Gasteiger partial charge in [-0.15, -0.1) is 0 Å². The second-order valence-corrected chi connectivity index (χ2v) is 7.12. The first-order chi connectivity index (χ1) is 14.6. The number of para-hydroxylation sites is 1. The van der Waals surface area contributed by atoms with Gasteiger partial charge in [0.1, 0.15) is 11.3 Å². The van der Waals surface area contributed by atoms with Crippen molar-refractivity contribution in [3.05, 3.63) is 84.1 Å². The van der Waals surface area contributed by atoms with E-state index in [1.54, 1.807) is 18.6 Å². The molecule has 0 atom stereocenters. The van der Waals surface area contributed by atoms with Crippen molar-refractivity contribution >= 4 is 16.8 Å². The van der Waals surface area contributed by atoms with E-state index in [9.17, 15) is 4.79 Å². The van der Waals surface area contributed by atoms with E-state index in [4.69, 9.17) is 4.74 Å². The molecule has 3 heterocycles. The molecule has 0 fully saturated rings. The van der Waals surface area contributed by atoms with Crippen LogP contribution in [0.15, 0.2) is 67.1 Å². The molecule has 0 bridgehead atoms. The average molecular weight is 400 g/mol. The van der Waals surface area contributed by atoms with Gasteiger partial charge < -0.3 is 14.6 Å². The lowest BCUT2D eigenvalue weighted by atomic mass is 10.2. The van der Waals surface area contributed by atoms with Crippen LogP contribution in [-0.4, -0.2) is 33.6 Å². The molecule has 4 rings (SSSR count). The fourth-order valence-corrected chi connectivity index (χ4v) is 3.62. The van der Waals surface area contributed by atoms with Gasteiger partial charge in [0.25, 0.3) is 5.91 Å². The first-order valence-corrected chi connectivity index (χ1v) is 9.99. The Hall–Kier alpha value is -3.67. The number of amides is 1. The zero-order chi connectivity index (χ0) is 20.9. The van der Waals surface area contributed by atoms with Crippen LogP contribution >= 0.6 is 0 Å².